The average molecular weight is 438 g/mol. The van der Waals surface area contributed by atoms with Gasteiger partial charge in [0.1, 0.15) is 18.0 Å². The summed E-state index contributed by atoms with van der Waals surface area (Å²) in [6.45, 7) is 0.814. The van der Waals surface area contributed by atoms with E-state index in [1.807, 2.05) is 0 Å². The molecule has 0 aliphatic rings. The van der Waals surface area contributed by atoms with Gasteiger partial charge in [-0.25, -0.2) is 4.39 Å². The van der Waals surface area contributed by atoms with Crippen molar-refractivity contribution in [2.45, 2.75) is 11.3 Å². The summed E-state index contributed by atoms with van der Waals surface area (Å²) in [6.07, 6.45) is 0.636. The van der Waals surface area contributed by atoms with E-state index < -0.39 is 10.8 Å². The van der Waals surface area contributed by atoms with Gasteiger partial charge in [0.25, 0.3) is 11.6 Å². The number of thioether (sulfide) groups is 1. The van der Waals surface area contributed by atoms with Crippen LogP contribution in [0.3, 0.4) is 0 Å². The van der Waals surface area contributed by atoms with E-state index in [0.29, 0.717) is 25.3 Å². The molecule has 30 heavy (non-hydrogen) atoms. The summed E-state index contributed by atoms with van der Waals surface area (Å²) >= 11 is 1.53. The molecule has 0 fully saturated rings. The molecular weight excluding hydrogens is 415 g/mol. The van der Waals surface area contributed by atoms with Gasteiger partial charge in [-0.3, -0.25) is 14.9 Å². The number of rotatable bonds is 12. The van der Waals surface area contributed by atoms with Gasteiger partial charge in [0.2, 0.25) is 0 Å². The van der Waals surface area contributed by atoms with Gasteiger partial charge in [-0.2, -0.15) is 0 Å². The SMILES string of the molecule is COCCOc1cc([N+](=O)[O-])c(C(=O)NCCCSc2ccc(F)cc2)cc1OC. The summed E-state index contributed by atoms with van der Waals surface area (Å²) in [5, 5.41) is 14.1. The van der Waals surface area contributed by atoms with Crippen LogP contribution in [-0.4, -0.2) is 50.6 Å². The number of amides is 1. The van der Waals surface area contributed by atoms with E-state index in [-0.39, 0.29) is 35.2 Å². The van der Waals surface area contributed by atoms with Crippen molar-refractivity contribution in [3.05, 3.63) is 57.9 Å². The number of nitro benzene ring substituents is 1. The van der Waals surface area contributed by atoms with Crippen LogP contribution < -0.4 is 14.8 Å². The molecule has 2 rings (SSSR count). The van der Waals surface area contributed by atoms with Crippen LogP contribution in [0, 0.1) is 15.9 Å². The molecule has 0 saturated heterocycles. The standard InChI is InChI=1S/C20H23FN2O6S/c1-27-9-10-29-19-13-17(23(25)26)16(12-18(19)28-2)20(24)22-8-3-11-30-15-6-4-14(21)5-7-15/h4-7,12-13H,3,8-11H2,1-2H3,(H,22,24). The fraction of sp³-hybridized carbons (Fsp3) is 0.350. The molecule has 0 bridgehead atoms. The lowest BCUT2D eigenvalue weighted by Gasteiger charge is -2.13. The molecular formula is C20H23FN2O6S. The van der Waals surface area contributed by atoms with Gasteiger partial charge in [0, 0.05) is 24.6 Å². The Balaban J connectivity index is 1.97. The maximum Gasteiger partial charge on any atom is 0.286 e. The monoisotopic (exact) mass is 438 g/mol. The van der Waals surface area contributed by atoms with E-state index in [1.165, 1.54) is 50.2 Å². The van der Waals surface area contributed by atoms with Crippen molar-refractivity contribution in [1.82, 2.24) is 5.32 Å². The molecule has 0 unspecified atom stereocenters. The number of methoxy groups -OCH3 is 2. The van der Waals surface area contributed by atoms with E-state index >= 15 is 0 Å². The quantitative estimate of drug-likeness (QED) is 0.233. The largest absolute Gasteiger partial charge is 0.493 e. The molecule has 0 aliphatic carbocycles. The third-order valence-corrected chi connectivity index (χ3v) is 5.06. The van der Waals surface area contributed by atoms with Crippen molar-refractivity contribution >= 4 is 23.4 Å². The summed E-state index contributed by atoms with van der Waals surface area (Å²) in [6, 6.07) is 8.62. The van der Waals surface area contributed by atoms with Crippen LogP contribution in [0.25, 0.3) is 0 Å². The molecule has 2 aromatic carbocycles. The lowest BCUT2D eigenvalue weighted by molar-refractivity contribution is -0.385. The maximum atomic E-state index is 12.9. The highest BCUT2D eigenvalue weighted by Crippen LogP contribution is 2.34. The first-order valence-corrected chi connectivity index (χ1v) is 10.1. The first-order chi connectivity index (χ1) is 14.5. The Bertz CT molecular complexity index is 863. The van der Waals surface area contributed by atoms with Gasteiger partial charge in [-0.05, 0) is 36.4 Å². The minimum Gasteiger partial charge on any atom is -0.493 e. The van der Waals surface area contributed by atoms with Crippen molar-refractivity contribution < 1.29 is 28.3 Å². The van der Waals surface area contributed by atoms with Crippen LogP contribution in [0.2, 0.25) is 0 Å². The summed E-state index contributed by atoms with van der Waals surface area (Å²) in [5.74, 6) is 0.208. The molecule has 162 valence electrons. The second kappa shape index (κ2) is 12.0. The van der Waals surface area contributed by atoms with E-state index in [0.717, 1.165) is 4.90 Å². The van der Waals surface area contributed by atoms with E-state index in [4.69, 9.17) is 14.2 Å². The summed E-state index contributed by atoms with van der Waals surface area (Å²) < 4.78 is 28.4. The van der Waals surface area contributed by atoms with Crippen LogP contribution in [0.5, 0.6) is 11.5 Å². The smallest absolute Gasteiger partial charge is 0.286 e. The van der Waals surface area contributed by atoms with E-state index in [1.54, 1.807) is 12.1 Å². The third-order valence-electron chi connectivity index (χ3n) is 3.96. The molecule has 0 spiro atoms. The molecule has 0 atom stereocenters. The zero-order chi connectivity index (χ0) is 21.9. The summed E-state index contributed by atoms with van der Waals surface area (Å²) in [4.78, 5) is 24.2. The van der Waals surface area contributed by atoms with Crippen molar-refractivity contribution in [1.29, 1.82) is 0 Å². The third kappa shape index (κ3) is 6.89. The highest BCUT2D eigenvalue weighted by molar-refractivity contribution is 7.99. The minimum atomic E-state index is -0.637. The zero-order valence-corrected chi connectivity index (χ0v) is 17.5. The fourth-order valence-corrected chi connectivity index (χ4v) is 3.33. The van der Waals surface area contributed by atoms with Crippen molar-refractivity contribution in [3.63, 3.8) is 0 Å². The maximum absolute atomic E-state index is 12.9. The van der Waals surface area contributed by atoms with E-state index in [2.05, 4.69) is 5.32 Å². The van der Waals surface area contributed by atoms with Gasteiger partial charge in [-0.15, -0.1) is 11.8 Å². The topological polar surface area (TPSA) is 99.9 Å². The van der Waals surface area contributed by atoms with Crippen LogP contribution in [-0.2, 0) is 4.74 Å². The number of nitrogens with zero attached hydrogens (tertiary/aromatic N) is 1. The summed E-state index contributed by atoms with van der Waals surface area (Å²) in [5.41, 5.74) is -0.483. The molecule has 0 radical (unpaired) electrons. The van der Waals surface area contributed by atoms with Gasteiger partial charge < -0.3 is 19.5 Å². The molecule has 0 saturated carbocycles. The first-order valence-electron chi connectivity index (χ1n) is 9.11. The Labute approximate surface area is 177 Å². The van der Waals surface area contributed by atoms with Crippen LogP contribution >= 0.6 is 11.8 Å². The number of halogens is 1. The minimum absolute atomic E-state index is 0.109. The Morgan fingerprint density at radius 2 is 1.90 bits per heavy atom. The normalized spacial score (nSPS) is 10.5. The number of carbonyl (C=O) groups excluding carboxylic acids is 1. The van der Waals surface area contributed by atoms with Gasteiger partial charge in [0.15, 0.2) is 11.5 Å². The summed E-state index contributed by atoms with van der Waals surface area (Å²) in [7, 11) is 2.90. The molecule has 1 amide bonds. The Morgan fingerprint density at radius 1 is 1.17 bits per heavy atom. The second-order valence-corrected chi connectivity index (χ2v) is 7.20. The van der Waals surface area contributed by atoms with Gasteiger partial charge >= 0.3 is 0 Å². The van der Waals surface area contributed by atoms with Crippen molar-refractivity contribution in [2.24, 2.45) is 0 Å². The molecule has 0 heterocycles. The van der Waals surface area contributed by atoms with Crippen molar-refractivity contribution in [2.75, 3.05) is 39.7 Å². The van der Waals surface area contributed by atoms with Crippen LogP contribution in [0.15, 0.2) is 41.3 Å². The second-order valence-electron chi connectivity index (χ2n) is 6.03. The Hall–Kier alpha value is -2.85. The Kier molecular flexibility index (Phi) is 9.36. The first kappa shape index (κ1) is 23.4. The van der Waals surface area contributed by atoms with E-state index in [9.17, 15) is 19.3 Å². The predicted molar refractivity (Wildman–Crippen MR) is 111 cm³/mol. The molecule has 0 aromatic heterocycles. The number of carbonyl (C=O) groups is 1. The number of nitro groups is 1. The molecule has 0 aliphatic heterocycles. The Morgan fingerprint density at radius 3 is 2.53 bits per heavy atom. The number of hydrogen-bond acceptors (Lipinski definition) is 7. The van der Waals surface area contributed by atoms with Gasteiger partial charge in [-0.1, -0.05) is 0 Å². The number of nitrogens with one attached hydrogen (secondary N) is 1. The predicted octanol–water partition coefficient (Wildman–Crippen LogP) is 3.68. The number of hydrogen-bond donors (Lipinski definition) is 1. The fourth-order valence-electron chi connectivity index (χ4n) is 2.48. The number of ether oxygens (including phenoxy) is 3. The highest BCUT2D eigenvalue weighted by atomic mass is 32.2. The number of benzene rings is 2. The zero-order valence-electron chi connectivity index (χ0n) is 16.7. The molecule has 10 heteroatoms. The van der Waals surface area contributed by atoms with Crippen molar-refractivity contribution in [3.8, 4) is 11.5 Å². The van der Waals surface area contributed by atoms with Crippen LogP contribution in [0.1, 0.15) is 16.8 Å². The highest BCUT2D eigenvalue weighted by Gasteiger charge is 2.24. The lowest BCUT2D eigenvalue weighted by Crippen LogP contribution is -2.25. The molecule has 1 N–H and O–H groups in total. The van der Waals surface area contributed by atoms with Gasteiger partial charge in [0.05, 0.1) is 24.7 Å². The van der Waals surface area contributed by atoms with Crippen LogP contribution in [0.4, 0.5) is 10.1 Å². The lowest BCUT2D eigenvalue weighted by atomic mass is 10.1. The average Bonchev–Trinajstić information content (AvgIpc) is 2.74. The molecule has 2 aromatic rings. The molecule has 8 nitrogen and oxygen atoms in total.